The lowest BCUT2D eigenvalue weighted by molar-refractivity contribution is -0.115. The van der Waals surface area contributed by atoms with Gasteiger partial charge in [-0.3, -0.25) is 0 Å². The Balaban J connectivity index is 0.000000172. The number of halogens is 8. The smallest absolute Gasteiger partial charge is 0.130 e. The molecule has 4 aliphatic rings. The summed E-state index contributed by atoms with van der Waals surface area (Å²) in [6, 6.07) is 22.9. The minimum Gasteiger partial charge on any atom is -0.390 e. The molecule has 0 spiro atoms. The lowest BCUT2D eigenvalue weighted by Crippen LogP contribution is -2.40. The fraction of sp³-hybridized carbons (Fsp3) is 0.554. The van der Waals surface area contributed by atoms with Gasteiger partial charge in [0.15, 0.2) is 0 Å². The van der Waals surface area contributed by atoms with Crippen molar-refractivity contribution in [2.45, 2.75) is 195 Å². The van der Waals surface area contributed by atoms with Gasteiger partial charge in [-0.15, -0.1) is 0 Å². The molecule has 0 aromatic heterocycles. The highest BCUT2D eigenvalue weighted by Gasteiger charge is 2.42. The summed E-state index contributed by atoms with van der Waals surface area (Å²) >= 11 is 47.9. The van der Waals surface area contributed by atoms with Crippen LogP contribution in [0, 0.1) is 0 Å². The van der Waals surface area contributed by atoms with Crippen LogP contribution in [-0.4, -0.2) is 49.1 Å². The Hall–Kier alpha value is -1.29. The van der Waals surface area contributed by atoms with Crippen LogP contribution in [0.5, 0.6) is 0 Å². The van der Waals surface area contributed by atoms with E-state index in [2.05, 4.69) is 20.8 Å². The van der Waals surface area contributed by atoms with Crippen LogP contribution in [-0.2, 0) is 26.5 Å². The van der Waals surface area contributed by atoms with Crippen molar-refractivity contribution < 1.29 is 25.2 Å². The van der Waals surface area contributed by atoms with Crippen molar-refractivity contribution in [2.24, 2.45) is 0 Å². The monoisotopic (exact) mass is 1100 g/mol. The van der Waals surface area contributed by atoms with Gasteiger partial charge in [0.2, 0.25) is 0 Å². The Bertz CT molecular complexity index is 2180. The highest BCUT2D eigenvalue weighted by atomic mass is 35.5. The summed E-state index contributed by atoms with van der Waals surface area (Å²) in [6.45, 7) is 14.3. The van der Waals surface area contributed by atoms with Crippen LogP contribution in [0.1, 0.15) is 173 Å². The minimum absolute atomic E-state index is 0.108. The molecule has 13 heteroatoms. The Morgan fingerprint density at radius 1 is 0.319 bits per heavy atom. The van der Waals surface area contributed by atoms with E-state index >= 15 is 0 Å². The second-order valence-corrected chi connectivity index (χ2v) is 25.7. The number of carbonyl (C=O) groups is 1. The van der Waals surface area contributed by atoms with E-state index < -0.39 is 27.8 Å². The number of benzene rings is 4. The molecule has 0 bridgehead atoms. The van der Waals surface area contributed by atoms with Gasteiger partial charge < -0.3 is 25.2 Å². The van der Waals surface area contributed by atoms with Crippen molar-refractivity contribution in [3.8, 4) is 0 Å². The molecule has 0 radical (unpaired) electrons. The molecule has 0 aliphatic heterocycles. The van der Waals surface area contributed by atoms with Gasteiger partial charge in [0.25, 0.3) is 0 Å². The van der Waals surface area contributed by atoms with E-state index in [0.29, 0.717) is 65.9 Å². The molecule has 8 rings (SSSR count). The second kappa shape index (κ2) is 23.1. The highest BCUT2D eigenvalue weighted by Crippen LogP contribution is 2.47. The predicted octanol–water partition coefficient (Wildman–Crippen LogP) is 17.5. The lowest BCUT2D eigenvalue weighted by Gasteiger charge is -2.41. The first-order chi connectivity index (χ1) is 31.9. The van der Waals surface area contributed by atoms with Gasteiger partial charge in [0.1, 0.15) is 6.29 Å². The van der Waals surface area contributed by atoms with Gasteiger partial charge in [0, 0.05) is 0 Å². The summed E-state index contributed by atoms with van der Waals surface area (Å²) in [5.74, 6) is 0. The summed E-state index contributed by atoms with van der Waals surface area (Å²) in [5.41, 5.74) is 2.18. The Morgan fingerprint density at radius 3 is 0.739 bits per heavy atom. The molecule has 5 nitrogen and oxygen atoms in total. The summed E-state index contributed by atoms with van der Waals surface area (Å²) in [4.78, 5) is 11.5. The molecule has 380 valence electrons. The molecule has 0 saturated heterocycles. The van der Waals surface area contributed by atoms with Crippen LogP contribution in [0.25, 0.3) is 0 Å². The normalized spacial score (nSPS) is 33.3. The van der Waals surface area contributed by atoms with Crippen LogP contribution in [0.3, 0.4) is 0 Å². The zero-order valence-electron chi connectivity index (χ0n) is 41.0. The third-order valence-corrected chi connectivity index (χ3v) is 19.0. The summed E-state index contributed by atoms with van der Waals surface area (Å²) < 4.78 is 0. The van der Waals surface area contributed by atoms with Crippen LogP contribution < -0.4 is 0 Å². The molecular weight excluding hydrogens is 1040 g/mol. The average Bonchev–Trinajstić information content (AvgIpc) is 3.29. The van der Waals surface area contributed by atoms with E-state index in [-0.39, 0.29) is 16.2 Å². The summed E-state index contributed by atoms with van der Waals surface area (Å²) in [7, 11) is 0. The van der Waals surface area contributed by atoms with Crippen LogP contribution >= 0.6 is 92.8 Å². The van der Waals surface area contributed by atoms with Gasteiger partial charge in [-0.25, -0.2) is 0 Å². The third kappa shape index (κ3) is 15.6. The Kier molecular flexibility index (Phi) is 19.6. The fourth-order valence-corrected chi connectivity index (χ4v) is 11.2. The van der Waals surface area contributed by atoms with E-state index in [9.17, 15) is 25.2 Å². The van der Waals surface area contributed by atoms with Gasteiger partial charge >= 0.3 is 0 Å². The Morgan fingerprint density at radius 2 is 0.522 bits per heavy atom. The maximum atomic E-state index is 11.5. The van der Waals surface area contributed by atoms with Gasteiger partial charge in [-0.05, 0) is 217 Å². The quantitative estimate of drug-likeness (QED) is 0.149. The number of carbonyl (C=O) groups excluding carboxylic acids is 1. The lowest BCUT2D eigenvalue weighted by atomic mass is 9.66. The van der Waals surface area contributed by atoms with Crippen molar-refractivity contribution in [1.82, 2.24) is 0 Å². The van der Waals surface area contributed by atoms with Crippen molar-refractivity contribution >= 4 is 99.1 Å². The number of hydrogen-bond donors (Lipinski definition) is 4. The van der Waals surface area contributed by atoms with E-state index in [1.807, 2.05) is 88.4 Å². The molecule has 0 atom stereocenters. The van der Waals surface area contributed by atoms with E-state index in [0.717, 1.165) is 88.9 Å². The second-order valence-electron chi connectivity index (χ2n) is 22.5. The van der Waals surface area contributed by atoms with Gasteiger partial charge in [-0.1, -0.05) is 138 Å². The van der Waals surface area contributed by atoms with E-state index in [4.69, 9.17) is 92.8 Å². The van der Waals surface area contributed by atoms with E-state index in [1.165, 1.54) is 16.7 Å². The topological polar surface area (TPSA) is 98.0 Å². The molecule has 4 N–H and O–H groups in total. The molecule has 0 amide bonds. The van der Waals surface area contributed by atoms with Gasteiger partial charge in [0.05, 0.1) is 68.0 Å². The molecular formula is C56H70Cl8O5. The number of rotatable bonds is 5. The molecule has 4 aromatic carbocycles. The number of aliphatic hydroxyl groups is 4. The maximum Gasteiger partial charge on any atom is 0.130 e. The maximum absolute atomic E-state index is 11.5. The first kappa shape index (κ1) is 58.6. The highest BCUT2D eigenvalue weighted by molar-refractivity contribution is 6.43. The first-order valence-electron chi connectivity index (χ1n) is 24.0. The molecule has 4 saturated carbocycles. The van der Waals surface area contributed by atoms with Crippen molar-refractivity contribution in [1.29, 1.82) is 0 Å². The molecule has 69 heavy (non-hydrogen) atoms. The molecule has 0 heterocycles. The van der Waals surface area contributed by atoms with Crippen LogP contribution in [0.2, 0.25) is 40.2 Å². The minimum atomic E-state index is -0.664. The summed E-state index contributed by atoms with van der Waals surface area (Å²) in [6.07, 6.45) is 14.4. The molecule has 0 unspecified atom stereocenters. The fourth-order valence-electron chi connectivity index (χ4n) is 10.0. The van der Waals surface area contributed by atoms with Crippen LogP contribution in [0.15, 0.2) is 72.8 Å². The molecule has 4 fully saturated rings. The summed E-state index contributed by atoms with van der Waals surface area (Å²) in [5, 5.41) is 44.6. The molecule has 4 aromatic rings. The third-order valence-electron chi connectivity index (χ3n) is 16.1. The van der Waals surface area contributed by atoms with E-state index in [1.54, 1.807) is 12.1 Å². The largest absolute Gasteiger partial charge is 0.390 e. The zero-order chi connectivity index (χ0) is 51.4. The van der Waals surface area contributed by atoms with Gasteiger partial charge in [-0.2, -0.15) is 0 Å². The Labute approximate surface area is 451 Å². The van der Waals surface area contributed by atoms with Crippen molar-refractivity contribution in [2.75, 3.05) is 0 Å². The number of aldehydes is 1. The van der Waals surface area contributed by atoms with Crippen molar-refractivity contribution in [3.05, 3.63) is 135 Å². The SMILES string of the molecule is CC1(O)CCC(C)(c2ccc(Cl)c(Cl)c2)CC1.CC1(O)CCC(C)(c2ccc(Cl)c(Cl)c2)CC1.CC1(O)CCC(C)(c2ccc(Cl)c(Cl)c2)CC1.CC1(O)CCC(C=O)(c2ccc(Cl)c(Cl)c2)CC1. The first-order valence-corrected chi connectivity index (χ1v) is 27.1. The van der Waals surface area contributed by atoms with Crippen molar-refractivity contribution in [3.63, 3.8) is 0 Å². The number of hydrogen-bond acceptors (Lipinski definition) is 5. The van der Waals surface area contributed by atoms with Crippen LogP contribution in [0.4, 0.5) is 0 Å². The average molecular weight is 1110 g/mol. The zero-order valence-corrected chi connectivity index (χ0v) is 47.1. The standard InChI is InChI=1S/C14H16Cl2O2.3C14H18Cl2O/c1-13(18)4-6-14(9-17,7-5-13)10-2-3-11(15)12(16)8-10;3*1-13(5-7-14(2,17)8-6-13)10-3-4-11(15)12(16)9-10/h2-3,8-9,18H,4-7H2,1H3;3*3-4,9,17H,5-8H2,1-2H3. The predicted molar refractivity (Wildman–Crippen MR) is 292 cm³/mol. The molecule has 4 aliphatic carbocycles.